The van der Waals surface area contributed by atoms with E-state index in [1.807, 2.05) is 32.0 Å². The van der Waals surface area contributed by atoms with E-state index in [1.54, 1.807) is 0 Å². The van der Waals surface area contributed by atoms with Crippen molar-refractivity contribution in [3.8, 4) is 11.8 Å². The standard InChI is InChI=1S/C13H12.C13H10/c2*1-2-6-11-8-5-9-12-7-3-4-10-13(11)12/h2-10H,1H3;3-5,7-10H,1H3. The van der Waals surface area contributed by atoms with E-state index >= 15 is 0 Å². The molecule has 0 heterocycles. The number of rotatable bonds is 1. The van der Waals surface area contributed by atoms with Crippen LogP contribution in [0.5, 0.6) is 0 Å². The minimum absolute atomic E-state index is 1.11. The van der Waals surface area contributed by atoms with Crippen molar-refractivity contribution in [3.63, 3.8) is 0 Å². The molecule has 0 N–H and O–H groups in total. The number of hydrogen-bond donors (Lipinski definition) is 0. The van der Waals surface area contributed by atoms with Crippen molar-refractivity contribution in [2.24, 2.45) is 0 Å². The van der Waals surface area contributed by atoms with Crippen molar-refractivity contribution in [2.75, 3.05) is 0 Å². The molecule has 0 aliphatic heterocycles. The summed E-state index contributed by atoms with van der Waals surface area (Å²) in [6.45, 7) is 3.91. The van der Waals surface area contributed by atoms with E-state index in [4.69, 9.17) is 0 Å². The number of fused-ring (bicyclic) bond motifs is 2. The van der Waals surface area contributed by atoms with Gasteiger partial charge < -0.3 is 0 Å². The minimum atomic E-state index is 1.11. The van der Waals surface area contributed by atoms with Gasteiger partial charge in [0.05, 0.1) is 0 Å². The summed E-state index contributed by atoms with van der Waals surface area (Å²) in [5.41, 5.74) is 2.40. The van der Waals surface area contributed by atoms with Crippen LogP contribution in [0.1, 0.15) is 25.0 Å². The normalized spacial score (nSPS) is 10.2. The smallest absolute Gasteiger partial charge is 0.0323 e. The van der Waals surface area contributed by atoms with Gasteiger partial charge >= 0.3 is 0 Å². The molecule has 26 heavy (non-hydrogen) atoms. The molecule has 126 valence electrons. The van der Waals surface area contributed by atoms with Gasteiger partial charge in [0.1, 0.15) is 0 Å². The van der Waals surface area contributed by atoms with Crippen molar-refractivity contribution in [1.29, 1.82) is 0 Å². The molecular formula is C26H22. The van der Waals surface area contributed by atoms with Crippen LogP contribution in [0.25, 0.3) is 27.6 Å². The second-order valence-corrected chi connectivity index (χ2v) is 5.97. The molecular weight excluding hydrogens is 312 g/mol. The van der Waals surface area contributed by atoms with Crippen molar-refractivity contribution < 1.29 is 0 Å². The Morgan fingerprint density at radius 3 is 1.92 bits per heavy atom. The third-order valence-corrected chi connectivity index (χ3v) is 4.22. The molecule has 0 bridgehead atoms. The maximum absolute atomic E-state index is 3.10. The lowest BCUT2D eigenvalue weighted by Crippen LogP contribution is -1.77. The Morgan fingerprint density at radius 1 is 0.654 bits per heavy atom. The third kappa shape index (κ3) is 4.02. The second kappa shape index (κ2) is 8.70. The lowest BCUT2D eigenvalue weighted by molar-refractivity contribution is 1.69. The van der Waals surface area contributed by atoms with Gasteiger partial charge in [-0.15, -0.1) is 5.92 Å². The first-order valence-corrected chi connectivity index (χ1v) is 8.84. The van der Waals surface area contributed by atoms with Crippen LogP contribution in [0.2, 0.25) is 0 Å². The Hall–Kier alpha value is -3.30. The predicted octanol–water partition coefficient (Wildman–Crippen LogP) is 7.08. The van der Waals surface area contributed by atoms with Crippen LogP contribution in [-0.2, 0) is 0 Å². The highest BCUT2D eigenvalue weighted by molar-refractivity contribution is 5.90. The van der Waals surface area contributed by atoms with Crippen LogP contribution in [0, 0.1) is 11.8 Å². The fourth-order valence-electron chi connectivity index (χ4n) is 3.04. The van der Waals surface area contributed by atoms with E-state index < -0.39 is 0 Å². The fourth-order valence-corrected chi connectivity index (χ4v) is 3.04. The van der Waals surface area contributed by atoms with E-state index in [-0.39, 0.29) is 0 Å². The summed E-state index contributed by atoms with van der Waals surface area (Å²) >= 11 is 0. The van der Waals surface area contributed by atoms with Gasteiger partial charge in [0, 0.05) is 5.56 Å². The van der Waals surface area contributed by atoms with E-state index in [9.17, 15) is 0 Å². The SMILES string of the molecule is CC#Cc1cccc2ccccc12.CC=Cc1cccc2ccccc12. The summed E-state index contributed by atoms with van der Waals surface area (Å²) in [7, 11) is 0. The quantitative estimate of drug-likeness (QED) is 0.326. The molecule has 4 aromatic carbocycles. The number of allylic oxidation sites excluding steroid dienone is 1. The van der Waals surface area contributed by atoms with Crippen molar-refractivity contribution in [1.82, 2.24) is 0 Å². The highest BCUT2D eigenvalue weighted by Crippen LogP contribution is 2.19. The summed E-state index contributed by atoms with van der Waals surface area (Å²) in [6.07, 6.45) is 4.21. The lowest BCUT2D eigenvalue weighted by Gasteiger charge is -2.00. The van der Waals surface area contributed by atoms with Crippen LogP contribution in [-0.4, -0.2) is 0 Å². The van der Waals surface area contributed by atoms with Gasteiger partial charge in [-0.1, -0.05) is 96.9 Å². The minimum Gasteiger partial charge on any atom is -0.101 e. The molecule has 0 saturated carbocycles. The van der Waals surface area contributed by atoms with E-state index in [2.05, 4.69) is 90.7 Å². The van der Waals surface area contributed by atoms with Gasteiger partial charge in [0.15, 0.2) is 0 Å². The summed E-state index contributed by atoms with van der Waals surface area (Å²) in [4.78, 5) is 0. The molecule has 0 nitrogen and oxygen atoms in total. The third-order valence-electron chi connectivity index (χ3n) is 4.22. The Labute approximate surface area is 155 Å². The van der Waals surface area contributed by atoms with Crippen molar-refractivity contribution >= 4 is 27.6 Å². The Bertz CT molecular complexity index is 1090. The summed E-state index contributed by atoms with van der Waals surface area (Å²) < 4.78 is 0. The molecule has 0 amide bonds. The largest absolute Gasteiger partial charge is 0.101 e. The zero-order valence-corrected chi connectivity index (χ0v) is 15.2. The van der Waals surface area contributed by atoms with E-state index in [1.165, 1.54) is 27.1 Å². The van der Waals surface area contributed by atoms with E-state index in [0.717, 1.165) is 5.56 Å². The molecule has 0 saturated heterocycles. The first kappa shape index (κ1) is 17.5. The van der Waals surface area contributed by atoms with Crippen LogP contribution in [0.3, 0.4) is 0 Å². The first-order chi connectivity index (χ1) is 12.8. The molecule has 0 aliphatic rings. The molecule has 0 aliphatic carbocycles. The highest BCUT2D eigenvalue weighted by Gasteiger charge is 1.95. The molecule has 0 aromatic heterocycles. The Balaban J connectivity index is 0.000000151. The molecule has 0 heteroatoms. The topological polar surface area (TPSA) is 0 Å². The molecule has 0 radical (unpaired) electrons. The molecule has 0 unspecified atom stereocenters. The van der Waals surface area contributed by atoms with Gasteiger partial charge in [0.25, 0.3) is 0 Å². The first-order valence-electron chi connectivity index (χ1n) is 8.84. The second-order valence-electron chi connectivity index (χ2n) is 5.97. The predicted molar refractivity (Wildman–Crippen MR) is 115 cm³/mol. The monoisotopic (exact) mass is 334 g/mol. The van der Waals surface area contributed by atoms with Crippen LogP contribution in [0.4, 0.5) is 0 Å². The van der Waals surface area contributed by atoms with E-state index in [0.29, 0.717) is 0 Å². The maximum atomic E-state index is 3.10. The van der Waals surface area contributed by atoms with Crippen LogP contribution in [0.15, 0.2) is 91.0 Å². The van der Waals surface area contributed by atoms with Gasteiger partial charge in [-0.2, -0.15) is 0 Å². The van der Waals surface area contributed by atoms with Gasteiger partial charge in [-0.05, 0) is 47.0 Å². The number of hydrogen-bond acceptors (Lipinski definition) is 0. The van der Waals surface area contributed by atoms with Crippen molar-refractivity contribution in [3.05, 3.63) is 102 Å². The zero-order valence-electron chi connectivity index (χ0n) is 15.2. The lowest BCUT2D eigenvalue weighted by atomic mass is 10.0. The van der Waals surface area contributed by atoms with Crippen molar-refractivity contribution in [2.45, 2.75) is 13.8 Å². The summed E-state index contributed by atoms with van der Waals surface area (Å²) in [5.74, 6) is 6.03. The Kier molecular flexibility index (Phi) is 5.86. The van der Waals surface area contributed by atoms with Gasteiger partial charge in [-0.25, -0.2) is 0 Å². The van der Waals surface area contributed by atoms with Crippen LogP contribution < -0.4 is 0 Å². The average Bonchev–Trinajstić information content (AvgIpc) is 2.70. The average molecular weight is 334 g/mol. The van der Waals surface area contributed by atoms with Gasteiger partial charge in [0.2, 0.25) is 0 Å². The molecule has 0 atom stereocenters. The summed E-state index contributed by atoms with van der Waals surface area (Å²) in [5, 5.41) is 5.11. The van der Waals surface area contributed by atoms with Gasteiger partial charge in [-0.3, -0.25) is 0 Å². The number of benzene rings is 4. The molecule has 4 aromatic rings. The zero-order chi connectivity index (χ0) is 18.2. The molecule has 0 fully saturated rings. The van der Waals surface area contributed by atoms with Crippen LogP contribution >= 0.6 is 0 Å². The molecule has 4 rings (SSSR count). The fraction of sp³-hybridized carbons (Fsp3) is 0.0769. The maximum Gasteiger partial charge on any atom is 0.0323 e. The highest BCUT2D eigenvalue weighted by atomic mass is 14.0. The molecule has 0 spiro atoms. The Morgan fingerprint density at radius 2 is 1.23 bits per heavy atom. The summed E-state index contributed by atoms with van der Waals surface area (Å²) in [6, 6.07) is 29.3.